The van der Waals surface area contributed by atoms with E-state index in [9.17, 15) is 5.26 Å². The molecule has 0 spiro atoms. The summed E-state index contributed by atoms with van der Waals surface area (Å²) in [6.45, 7) is 16.7. The van der Waals surface area contributed by atoms with Gasteiger partial charge in [0.05, 0.1) is 42.0 Å². The van der Waals surface area contributed by atoms with Crippen LogP contribution in [0.1, 0.15) is 77.8 Å². The lowest BCUT2D eigenvalue weighted by Gasteiger charge is -2.28. The van der Waals surface area contributed by atoms with E-state index < -0.39 is 0 Å². The maximum atomic E-state index is 9.45. The smallest absolute Gasteiger partial charge is 0.187 e. The lowest BCUT2D eigenvalue weighted by atomic mass is 9.81. The van der Waals surface area contributed by atoms with Crippen LogP contribution >= 0.6 is 0 Å². The van der Waals surface area contributed by atoms with Crippen LogP contribution in [0.15, 0.2) is 195 Å². The second-order valence-electron chi connectivity index (χ2n) is 19.0. The zero-order valence-electron chi connectivity index (χ0n) is 39.5. The highest BCUT2D eigenvalue weighted by molar-refractivity contribution is 5.89. The number of anilines is 6. The molecule has 0 atom stereocenters. The number of nitriles is 1. The first-order chi connectivity index (χ1) is 34.1. The number of aromatic nitrogens is 2. The Morgan fingerprint density at radius 1 is 0.443 bits per heavy atom. The van der Waals surface area contributed by atoms with E-state index in [0.717, 1.165) is 56.4 Å². The van der Waals surface area contributed by atoms with E-state index in [1.165, 1.54) is 44.5 Å². The van der Waals surface area contributed by atoms with Gasteiger partial charge in [0.1, 0.15) is 0 Å². The largest absolute Gasteiger partial charge is 0.309 e. The molecule has 334 valence electrons. The maximum absolute atomic E-state index is 9.45. The lowest BCUT2D eigenvalue weighted by molar-refractivity contribution is 0.660. The van der Waals surface area contributed by atoms with Gasteiger partial charge in [0.25, 0.3) is 0 Å². The maximum Gasteiger partial charge on any atom is 0.187 e. The van der Waals surface area contributed by atoms with Crippen LogP contribution in [0.3, 0.4) is 0 Å². The molecule has 0 saturated carbocycles. The molecule has 0 unspecified atom stereocenters. The summed E-state index contributed by atoms with van der Waals surface area (Å²) >= 11 is 0. The van der Waals surface area contributed by atoms with Crippen LogP contribution in [0, 0.1) is 17.9 Å². The van der Waals surface area contributed by atoms with Crippen LogP contribution in [0.25, 0.3) is 51.4 Å². The Kier molecular flexibility index (Phi) is 10.9. The van der Waals surface area contributed by atoms with E-state index in [1.54, 1.807) is 12.4 Å². The van der Waals surface area contributed by atoms with Gasteiger partial charge in [-0.2, -0.15) is 5.26 Å². The van der Waals surface area contributed by atoms with Gasteiger partial charge in [-0.15, -0.1) is 0 Å². The van der Waals surface area contributed by atoms with Crippen molar-refractivity contribution >= 4 is 64.1 Å². The second kappa shape index (κ2) is 17.5. The zero-order valence-corrected chi connectivity index (χ0v) is 39.5. The predicted octanol–water partition coefficient (Wildman–Crippen LogP) is 16.8. The van der Waals surface area contributed by atoms with Crippen molar-refractivity contribution < 1.29 is 0 Å². The fourth-order valence-corrected chi connectivity index (χ4v) is 10.3. The van der Waals surface area contributed by atoms with Gasteiger partial charge in [-0.1, -0.05) is 137 Å². The first-order valence-electron chi connectivity index (χ1n) is 23.5. The summed E-state index contributed by atoms with van der Waals surface area (Å²) in [6.07, 6.45) is 16.1. The van der Waals surface area contributed by atoms with Gasteiger partial charge in [0, 0.05) is 46.0 Å². The van der Waals surface area contributed by atoms with Gasteiger partial charge < -0.3 is 9.80 Å². The molecule has 2 aliphatic rings. The standard InChI is InChI=1S/C64H48N6/c1-63(2)59-36-45(20-30-55(59)57-32-28-51(38-61(57)63)69(53-8-6-34-67-41-53)49-24-18-47(40-65)19-25-49)16-14-43-10-12-44(13-11-43)15-17-46-21-31-56-58-33-29-52(39-62(58)64(3,4)60(56)37-46)70(54-9-7-35-68-42-54)50-26-22-48(66-5)23-27-50/h6-39,41-42H,1-4H3/b16-14+,17-15+. The molecule has 2 aliphatic carbocycles. The molecule has 0 saturated heterocycles. The molecule has 6 nitrogen and oxygen atoms in total. The number of hydrogen-bond acceptors (Lipinski definition) is 5. The highest BCUT2D eigenvalue weighted by Gasteiger charge is 2.37. The van der Waals surface area contributed by atoms with Crippen molar-refractivity contribution in [3.8, 4) is 28.3 Å². The number of fused-ring (bicyclic) bond motifs is 6. The van der Waals surface area contributed by atoms with E-state index in [4.69, 9.17) is 6.57 Å². The highest BCUT2D eigenvalue weighted by atomic mass is 15.2. The fraction of sp³-hybridized carbons (Fsp3) is 0.0938. The Morgan fingerprint density at radius 2 is 0.814 bits per heavy atom. The minimum Gasteiger partial charge on any atom is -0.309 e. The first-order valence-corrected chi connectivity index (χ1v) is 23.5. The van der Waals surface area contributed by atoms with Gasteiger partial charge in [-0.05, 0) is 152 Å². The van der Waals surface area contributed by atoms with E-state index in [2.05, 4.69) is 192 Å². The number of pyridine rings is 2. The number of benzene rings is 7. The Bertz CT molecular complexity index is 3350. The van der Waals surface area contributed by atoms with Crippen molar-refractivity contribution in [2.24, 2.45) is 0 Å². The van der Waals surface area contributed by atoms with E-state index in [-0.39, 0.29) is 10.8 Å². The van der Waals surface area contributed by atoms with Crippen molar-refractivity contribution in [1.82, 2.24) is 9.97 Å². The summed E-state index contributed by atoms with van der Waals surface area (Å²) in [7, 11) is 0. The molecule has 2 heterocycles. The van der Waals surface area contributed by atoms with Gasteiger partial charge >= 0.3 is 0 Å². The van der Waals surface area contributed by atoms with E-state index >= 15 is 0 Å². The van der Waals surface area contributed by atoms with Crippen molar-refractivity contribution in [3.63, 3.8) is 0 Å². The predicted molar refractivity (Wildman–Crippen MR) is 288 cm³/mol. The number of nitrogens with zero attached hydrogens (tertiary/aromatic N) is 6. The topological polar surface area (TPSA) is 60.4 Å². The molecular weight excluding hydrogens is 853 g/mol. The zero-order chi connectivity index (χ0) is 48.0. The quantitative estimate of drug-likeness (QED) is 0.101. The number of rotatable bonds is 10. The summed E-state index contributed by atoms with van der Waals surface area (Å²) in [6, 6.07) is 61.6. The van der Waals surface area contributed by atoms with Crippen LogP contribution in [-0.4, -0.2) is 9.97 Å². The summed E-state index contributed by atoms with van der Waals surface area (Å²) in [5, 5.41) is 9.45. The fourth-order valence-electron chi connectivity index (χ4n) is 10.3. The summed E-state index contributed by atoms with van der Waals surface area (Å²) < 4.78 is 0. The van der Waals surface area contributed by atoms with Crippen molar-refractivity contribution in [2.75, 3.05) is 9.80 Å². The summed E-state index contributed by atoms with van der Waals surface area (Å²) in [5.41, 5.74) is 21.6. The Balaban J connectivity index is 0.796. The number of hydrogen-bond donors (Lipinski definition) is 0. The van der Waals surface area contributed by atoms with Crippen LogP contribution in [0.2, 0.25) is 0 Å². The minimum atomic E-state index is -0.219. The molecule has 0 radical (unpaired) electrons. The molecular formula is C64H48N6. The third-order valence-electron chi connectivity index (χ3n) is 14.1. The van der Waals surface area contributed by atoms with Crippen molar-refractivity contribution in [3.05, 3.63) is 256 Å². The average Bonchev–Trinajstić information content (AvgIpc) is 3.76. The molecule has 0 fully saturated rings. The van der Waals surface area contributed by atoms with E-state index in [1.807, 2.05) is 73.1 Å². The van der Waals surface area contributed by atoms with Crippen molar-refractivity contribution in [2.45, 2.75) is 38.5 Å². The molecule has 0 N–H and O–H groups in total. The molecule has 0 aliphatic heterocycles. The lowest BCUT2D eigenvalue weighted by Crippen LogP contribution is -2.16. The van der Waals surface area contributed by atoms with Gasteiger partial charge in [-0.3, -0.25) is 9.97 Å². The van der Waals surface area contributed by atoms with Gasteiger partial charge in [0.2, 0.25) is 0 Å². The van der Waals surface area contributed by atoms with Crippen LogP contribution in [0.5, 0.6) is 0 Å². The Labute approximate surface area is 410 Å². The normalized spacial score (nSPS) is 13.5. The first kappa shape index (κ1) is 43.5. The monoisotopic (exact) mass is 900 g/mol. The van der Waals surface area contributed by atoms with Crippen LogP contribution in [-0.2, 0) is 10.8 Å². The molecule has 6 heteroatoms. The minimum absolute atomic E-state index is 0.217. The van der Waals surface area contributed by atoms with Crippen molar-refractivity contribution in [1.29, 1.82) is 5.26 Å². The third-order valence-corrected chi connectivity index (χ3v) is 14.1. The molecule has 0 bridgehead atoms. The van der Waals surface area contributed by atoms with E-state index in [0.29, 0.717) is 11.3 Å². The highest BCUT2D eigenvalue weighted by Crippen LogP contribution is 2.53. The molecule has 2 aromatic heterocycles. The molecule has 7 aromatic carbocycles. The average molecular weight is 901 g/mol. The SMILES string of the molecule is [C-]#[N+]c1ccc(N(c2cccnc2)c2ccc3c(c2)C(C)(C)c2cc(/C=C/c4ccc(/C=C/c5ccc6c(c5)C(C)(C)c5cc(N(c7ccc(C#N)cc7)c7cccnc7)ccc5-6)cc4)ccc2-3)cc1. The van der Waals surface area contributed by atoms with Crippen LogP contribution < -0.4 is 9.80 Å². The second-order valence-corrected chi connectivity index (χ2v) is 19.0. The Morgan fingerprint density at radius 3 is 1.21 bits per heavy atom. The summed E-state index contributed by atoms with van der Waals surface area (Å²) in [5.74, 6) is 0. The summed E-state index contributed by atoms with van der Waals surface area (Å²) in [4.78, 5) is 16.9. The van der Waals surface area contributed by atoms with Gasteiger partial charge in [-0.25, -0.2) is 4.85 Å². The molecule has 11 rings (SSSR count). The third kappa shape index (κ3) is 7.82. The molecule has 70 heavy (non-hydrogen) atoms. The molecule has 0 amide bonds. The van der Waals surface area contributed by atoms with Gasteiger partial charge in [0.15, 0.2) is 5.69 Å². The Hall–Kier alpha value is -9.10. The van der Waals surface area contributed by atoms with Crippen LogP contribution in [0.4, 0.5) is 39.8 Å². The molecule has 9 aromatic rings.